The molecule has 0 aliphatic heterocycles. The fourth-order valence-electron chi connectivity index (χ4n) is 3.34. The molecule has 4 nitrogen and oxygen atoms in total. The molecule has 2 fully saturated rings. The topological polar surface area (TPSA) is 71.1 Å². The normalized spacial score (nSPS) is 43.6. The number of hydrogen-bond donors (Lipinski definition) is 0. The molecular weight excluding hydrogens is 216 g/mol. The Kier molecular flexibility index (Phi) is 1.94. The van der Waals surface area contributed by atoms with Crippen molar-refractivity contribution in [2.45, 2.75) is 38.9 Å². The van der Waals surface area contributed by atoms with Crippen molar-refractivity contribution >= 4 is 15.9 Å². The standard InChI is InChI=1S/C10H15O4S/c1-9(2)6-4-5-10(9,3)8(11)7(6)15(12,13)14/h6-7H,4-5H2,1-3H3. The summed E-state index contributed by atoms with van der Waals surface area (Å²) in [5, 5.41) is -1.30. The van der Waals surface area contributed by atoms with Gasteiger partial charge in [0.2, 0.25) is 0 Å². The zero-order chi connectivity index (χ0) is 11.6. The highest BCUT2D eigenvalue weighted by molar-refractivity contribution is 7.87. The smallest absolute Gasteiger partial charge is 0.297 e. The average molecular weight is 231 g/mol. The van der Waals surface area contributed by atoms with Crippen molar-refractivity contribution in [1.29, 1.82) is 0 Å². The van der Waals surface area contributed by atoms with E-state index in [0.717, 1.165) is 0 Å². The minimum Gasteiger partial charge on any atom is -0.297 e. The van der Waals surface area contributed by atoms with E-state index in [1.807, 2.05) is 13.8 Å². The van der Waals surface area contributed by atoms with Gasteiger partial charge in [-0.2, -0.15) is 8.42 Å². The van der Waals surface area contributed by atoms with E-state index in [-0.39, 0.29) is 17.1 Å². The Morgan fingerprint density at radius 3 is 2.07 bits per heavy atom. The van der Waals surface area contributed by atoms with E-state index in [2.05, 4.69) is 0 Å². The number of fused-ring (bicyclic) bond motifs is 2. The van der Waals surface area contributed by atoms with Gasteiger partial charge in [-0.05, 0) is 24.2 Å². The molecule has 0 aromatic carbocycles. The van der Waals surface area contributed by atoms with Crippen LogP contribution in [0.5, 0.6) is 0 Å². The van der Waals surface area contributed by atoms with E-state index in [0.29, 0.717) is 12.8 Å². The zero-order valence-corrected chi connectivity index (χ0v) is 9.93. The molecule has 2 rings (SSSR count). The minimum absolute atomic E-state index is 0.294. The second-order valence-corrected chi connectivity index (χ2v) is 6.97. The third-order valence-electron chi connectivity index (χ3n) is 4.78. The van der Waals surface area contributed by atoms with E-state index in [9.17, 15) is 17.8 Å². The van der Waals surface area contributed by atoms with Crippen LogP contribution in [0.1, 0.15) is 33.6 Å². The van der Waals surface area contributed by atoms with Crippen molar-refractivity contribution in [1.82, 2.24) is 0 Å². The molecule has 0 saturated heterocycles. The van der Waals surface area contributed by atoms with Crippen LogP contribution < -0.4 is 0 Å². The Labute approximate surface area is 89.8 Å². The van der Waals surface area contributed by atoms with Crippen LogP contribution in [0.2, 0.25) is 0 Å². The van der Waals surface area contributed by atoms with Crippen LogP contribution in [0.15, 0.2) is 0 Å². The van der Waals surface area contributed by atoms with Crippen molar-refractivity contribution in [3.05, 3.63) is 0 Å². The Morgan fingerprint density at radius 1 is 1.27 bits per heavy atom. The maximum absolute atomic E-state index is 12.0. The van der Waals surface area contributed by atoms with Crippen molar-refractivity contribution in [2.24, 2.45) is 16.7 Å². The van der Waals surface area contributed by atoms with Crippen LogP contribution in [0.4, 0.5) is 0 Å². The Morgan fingerprint density at radius 2 is 1.80 bits per heavy atom. The van der Waals surface area contributed by atoms with Gasteiger partial charge in [0, 0.05) is 5.41 Å². The number of carbonyl (C=O) groups excluding carboxylic acids is 1. The molecule has 3 atom stereocenters. The summed E-state index contributed by atoms with van der Waals surface area (Å²) in [6, 6.07) is 0. The van der Waals surface area contributed by atoms with Crippen LogP contribution >= 0.6 is 0 Å². The maximum atomic E-state index is 12.0. The molecule has 3 unspecified atom stereocenters. The van der Waals surface area contributed by atoms with Gasteiger partial charge in [-0.1, -0.05) is 25.3 Å². The predicted molar refractivity (Wildman–Crippen MR) is 53.0 cm³/mol. The minimum atomic E-state index is -4.49. The zero-order valence-electron chi connectivity index (χ0n) is 9.11. The molecule has 0 amide bonds. The summed E-state index contributed by atoms with van der Waals surface area (Å²) in [6.07, 6.45) is 1.37. The first-order chi connectivity index (χ1) is 6.62. The van der Waals surface area contributed by atoms with Gasteiger partial charge >= 0.3 is 10.1 Å². The first-order valence-electron chi connectivity index (χ1n) is 5.11. The second-order valence-electron chi connectivity index (χ2n) is 5.48. The molecule has 0 spiro atoms. The summed E-state index contributed by atoms with van der Waals surface area (Å²) in [6.45, 7) is 5.59. The SMILES string of the molecule is CC12CCC(C(S([O])(=O)=O)C1=O)C2(C)C. The van der Waals surface area contributed by atoms with Crippen molar-refractivity contribution < 1.29 is 17.8 Å². The maximum Gasteiger partial charge on any atom is 0.304 e. The first-order valence-corrected chi connectivity index (χ1v) is 6.58. The molecule has 2 aliphatic carbocycles. The van der Waals surface area contributed by atoms with E-state index in [1.54, 1.807) is 6.92 Å². The summed E-state index contributed by atoms with van der Waals surface area (Å²) in [4.78, 5) is 12.0. The molecule has 15 heavy (non-hydrogen) atoms. The number of rotatable bonds is 1. The van der Waals surface area contributed by atoms with Crippen LogP contribution in [-0.2, 0) is 19.5 Å². The highest BCUT2D eigenvalue weighted by Crippen LogP contribution is 2.64. The van der Waals surface area contributed by atoms with Gasteiger partial charge in [-0.3, -0.25) is 4.79 Å². The van der Waals surface area contributed by atoms with E-state index < -0.39 is 20.8 Å². The lowest BCUT2D eigenvalue weighted by atomic mass is 9.70. The molecule has 5 heteroatoms. The molecule has 2 aliphatic rings. The Balaban J connectivity index is 2.57. The van der Waals surface area contributed by atoms with Crippen LogP contribution in [0.25, 0.3) is 0 Å². The first kappa shape index (κ1) is 11.1. The van der Waals surface area contributed by atoms with Gasteiger partial charge in [0.25, 0.3) is 0 Å². The Bertz CT molecular complexity index is 423. The summed E-state index contributed by atoms with van der Waals surface area (Å²) < 4.78 is 33.3. The average Bonchev–Trinajstić information content (AvgIpc) is 2.33. The van der Waals surface area contributed by atoms with Gasteiger partial charge in [-0.25, -0.2) is 0 Å². The molecule has 2 saturated carbocycles. The number of ketones is 1. The Hall–Kier alpha value is -0.420. The van der Waals surface area contributed by atoms with E-state index in [1.165, 1.54) is 0 Å². The molecule has 2 bridgehead atoms. The molecule has 85 valence electrons. The van der Waals surface area contributed by atoms with E-state index in [4.69, 9.17) is 0 Å². The summed E-state index contributed by atoms with van der Waals surface area (Å²) in [7, 11) is -4.49. The molecule has 0 N–H and O–H groups in total. The lowest BCUT2D eigenvalue weighted by molar-refractivity contribution is -0.128. The molecule has 0 aromatic heterocycles. The molecule has 0 aromatic rings. The third kappa shape index (κ3) is 1.11. The molecule has 0 heterocycles. The van der Waals surface area contributed by atoms with Crippen LogP contribution in [-0.4, -0.2) is 19.5 Å². The lowest BCUT2D eigenvalue weighted by Crippen LogP contribution is -2.38. The van der Waals surface area contributed by atoms with Gasteiger partial charge in [0.15, 0.2) is 11.0 Å². The van der Waals surface area contributed by atoms with Gasteiger partial charge in [0.05, 0.1) is 0 Å². The number of Topliss-reactive ketones (excluding diaryl/α,β-unsaturated/α-hetero) is 1. The molecular formula is C10H15O4S. The van der Waals surface area contributed by atoms with Crippen molar-refractivity contribution in [3.8, 4) is 0 Å². The number of hydrogen-bond acceptors (Lipinski definition) is 3. The largest absolute Gasteiger partial charge is 0.304 e. The third-order valence-corrected chi connectivity index (χ3v) is 5.95. The van der Waals surface area contributed by atoms with Crippen molar-refractivity contribution in [3.63, 3.8) is 0 Å². The van der Waals surface area contributed by atoms with Gasteiger partial charge < -0.3 is 0 Å². The summed E-state index contributed by atoms with van der Waals surface area (Å²) in [5.74, 6) is -0.656. The van der Waals surface area contributed by atoms with E-state index >= 15 is 0 Å². The fraction of sp³-hybridized carbons (Fsp3) is 0.900. The quantitative estimate of drug-likeness (QED) is 0.679. The monoisotopic (exact) mass is 231 g/mol. The fourth-order valence-corrected chi connectivity index (χ4v) is 4.74. The van der Waals surface area contributed by atoms with Gasteiger partial charge in [-0.15, -0.1) is 0 Å². The lowest BCUT2D eigenvalue weighted by Gasteiger charge is -2.32. The number of carbonyl (C=O) groups is 1. The highest BCUT2D eigenvalue weighted by atomic mass is 32.2. The van der Waals surface area contributed by atoms with Crippen molar-refractivity contribution in [2.75, 3.05) is 0 Å². The predicted octanol–water partition coefficient (Wildman–Crippen LogP) is 1.14. The van der Waals surface area contributed by atoms with Crippen LogP contribution in [0.3, 0.4) is 0 Å². The summed E-state index contributed by atoms with van der Waals surface area (Å²) in [5.41, 5.74) is -0.994. The van der Waals surface area contributed by atoms with Crippen LogP contribution in [0, 0.1) is 16.7 Å². The van der Waals surface area contributed by atoms with Gasteiger partial charge in [0.1, 0.15) is 0 Å². The second kappa shape index (κ2) is 2.63. The highest BCUT2D eigenvalue weighted by Gasteiger charge is 2.69. The molecule has 1 radical (unpaired) electrons. The summed E-state index contributed by atoms with van der Waals surface area (Å²) >= 11 is 0.